The van der Waals surface area contributed by atoms with Gasteiger partial charge in [0.25, 0.3) is 5.69 Å². The topological polar surface area (TPSA) is 73.8 Å². The Hall–Kier alpha value is -1.95. The summed E-state index contributed by atoms with van der Waals surface area (Å²) < 4.78 is 1.44. The predicted molar refractivity (Wildman–Crippen MR) is 71.8 cm³/mol. The molecule has 19 heavy (non-hydrogen) atoms. The number of benzene rings is 1. The van der Waals surface area contributed by atoms with Crippen molar-refractivity contribution in [1.82, 2.24) is 15.0 Å². The van der Waals surface area contributed by atoms with Gasteiger partial charge in [-0.15, -0.1) is 16.7 Å². The molecule has 2 rings (SSSR count). The second-order valence-electron chi connectivity index (χ2n) is 4.20. The Morgan fingerprint density at radius 3 is 2.95 bits per heavy atom. The van der Waals surface area contributed by atoms with Crippen LogP contribution >= 0.6 is 11.6 Å². The van der Waals surface area contributed by atoms with Crippen molar-refractivity contribution < 1.29 is 4.92 Å². The highest BCUT2D eigenvalue weighted by Gasteiger charge is 2.16. The molecule has 7 heteroatoms. The van der Waals surface area contributed by atoms with Crippen LogP contribution in [-0.4, -0.2) is 25.8 Å². The van der Waals surface area contributed by atoms with E-state index in [0.717, 1.165) is 17.7 Å². The van der Waals surface area contributed by atoms with Crippen LogP contribution in [0.2, 0.25) is 0 Å². The molecule has 1 aromatic carbocycles. The average molecular weight is 281 g/mol. The lowest BCUT2D eigenvalue weighted by Gasteiger charge is -2.02. The number of nitro benzene ring substituents is 1. The average Bonchev–Trinajstić information content (AvgIpc) is 2.84. The summed E-state index contributed by atoms with van der Waals surface area (Å²) in [5, 5.41) is 18.9. The maximum absolute atomic E-state index is 11.0. The molecule has 0 saturated carbocycles. The van der Waals surface area contributed by atoms with E-state index in [2.05, 4.69) is 10.3 Å². The van der Waals surface area contributed by atoms with Crippen molar-refractivity contribution in [3.63, 3.8) is 0 Å². The van der Waals surface area contributed by atoms with Crippen molar-refractivity contribution in [2.75, 3.05) is 5.88 Å². The van der Waals surface area contributed by atoms with Gasteiger partial charge in [0, 0.05) is 11.9 Å². The lowest BCUT2D eigenvalue weighted by atomic mass is 10.2. The number of nitrogens with zero attached hydrogens (tertiary/aromatic N) is 4. The zero-order chi connectivity index (χ0) is 13.8. The van der Waals surface area contributed by atoms with Crippen LogP contribution in [0.1, 0.15) is 17.7 Å². The second-order valence-corrected chi connectivity index (χ2v) is 4.57. The van der Waals surface area contributed by atoms with E-state index in [0.29, 0.717) is 18.0 Å². The molecule has 0 bridgehead atoms. The number of alkyl halides is 1. The van der Waals surface area contributed by atoms with Crippen LogP contribution in [-0.2, 0) is 6.42 Å². The van der Waals surface area contributed by atoms with Gasteiger partial charge in [-0.3, -0.25) is 10.1 Å². The number of hydrogen-bond donors (Lipinski definition) is 0. The molecule has 1 heterocycles. The molecule has 0 unspecified atom stereocenters. The van der Waals surface area contributed by atoms with Gasteiger partial charge in [-0.05, 0) is 31.4 Å². The lowest BCUT2D eigenvalue weighted by Crippen LogP contribution is -2.01. The largest absolute Gasteiger partial charge is 0.294 e. The molecule has 100 valence electrons. The molecular weight excluding hydrogens is 268 g/mol. The van der Waals surface area contributed by atoms with Gasteiger partial charge in [-0.2, -0.15) is 0 Å². The van der Waals surface area contributed by atoms with Gasteiger partial charge in [0.1, 0.15) is 5.69 Å². The van der Waals surface area contributed by atoms with Gasteiger partial charge in [-0.1, -0.05) is 11.3 Å². The Morgan fingerprint density at radius 1 is 1.47 bits per heavy atom. The van der Waals surface area contributed by atoms with Crippen molar-refractivity contribution in [3.8, 4) is 5.69 Å². The van der Waals surface area contributed by atoms with E-state index in [4.69, 9.17) is 11.6 Å². The first kappa shape index (κ1) is 13.5. The van der Waals surface area contributed by atoms with E-state index in [1.54, 1.807) is 18.3 Å². The molecule has 6 nitrogen and oxygen atoms in total. The molecule has 1 aromatic heterocycles. The molecule has 0 aliphatic rings. The van der Waals surface area contributed by atoms with Crippen molar-refractivity contribution in [3.05, 3.63) is 45.8 Å². The Balaban J connectivity index is 2.37. The fourth-order valence-electron chi connectivity index (χ4n) is 1.75. The molecule has 0 spiro atoms. The second kappa shape index (κ2) is 5.79. The van der Waals surface area contributed by atoms with E-state index in [9.17, 15) is 10.1 Å². The van der Waals surface area contributed by atoms with Crippen LogP contribution in [0.5, 0.6) is 0 Å². The van der Waals surface area contributed by atoms with Crippen LogP contribution < -0.4 is 0 Å². The summed E-state index contributed by atoms with van der Waals surface area (Å²) in [6, 6.07) is 4.90. The van der Waals surface area contributed by atoms with Crippen molar-refractivity contribution in [1.29, 1.82) is 0 Å². The molecule has 0 atom stereocenters. The minimum absolute atomic E-state index is 0.0133. The summed E-state index contributed by atoms with van der Waals surface area (Å²) >= 11 is 5.62. The Kier molecular flexibility index (Phi) is 4.11. The first-order valence-corrected chi connectivity index (χ1v) is 6.38. The summed E-state index contributed by atoms with van der Waals surface area (Å²) in [7, 11) is 0. The predicted octanol–water partition coefficient (Wildman–Crippen LogP) is 2.66. The molecular formula is C12H13ClN4O2. The van der Waals surface area contributed by atoms with E-state index < -0.39 is 4.92 Å². The lowest BCUT2D eigenvalue weighted by molar-refractivity contribution is -0.384. The van der Waals surface area contributed by atoms with Crippen molar-refractivity contribution in [2.45, 2.75) is 19.8 Å². The fraction of sp³-hybridized carbons (Fsp3) is 0.333. The third-order valence-electron chi connectivity index (χ3n) is 2.68. The number of nitro groups is 1. The van der Waals surface area contributed by atoms with Gasteiger partial charge >= 0.3 is 0 Å². The van der Waals surface area contributed by atoms with E-state index in [1.807, 2.05) is 6.92 Å². The van der Waals surface area contributed by atoms with Gasteiger partial charge in [0.2, 0.25) is 0 Å². The summed E-state index contributed by atoms with van der Waals surface area (Å²) in [5.74, 6) is 0.553. The highest BCUT2D eigenvalue weighted by Crippen LogP contribution is 2.23. The third kappa shape index (κ3) is 3.08. The first-order valence-electron chi connectivity index (χ1n) is 5.84. The summed E-state index contributed by atoms with van der Waals surface area (Å²) in [5.41, 5.74) is 2.14. The molecule has 2 aromatic rings. The van der Waals surface area contributed by atoms with Crippen LogP contribution in [0.25, 0.3) is 5.69 Å². The Morgan fingerprint density at radius 2 is 2.26 bits per heavy atom. The van der Waals surface area contributed by atoms with Gasteiger partial charge in [0.05, 0.1) is 16.8 Å². The summed E-state index contributed by atoms with van der Waals surface area (Å²) in [6.45, 7) is 1.87. The number of hydrogen-bond acceptors (Lipinski definition) is 4. The highest BCUT2D eigenvalue weighted by molar-refractivity contribution is 6.17. The zero-order valence-corrected chi connectivity index (χ0v) is 11.2. The van der Waals surface area contributed by atoms with E-state index >= 15 is 0 Å². The molecule has 0 aliphatic heterocycles. The van der Waals surface area contributed by atoms with Gasteiger partial charge in [-0.25, -0.2) is 4.68 Å². The van der Waals surface area contributed by atoms with Crippen LogP contribution in [0, 0.1) is 17.0 Å². The Labute approximate surface area is 115 Å². The van der Waals surface area contributed by atoms with Crippen LogP contribution in [0.3, 0.4) is 0 Å². The molecule has 0 saturated heterocycles. The molecule has 0 fully saturated rings. The molecule has 0 amide bonds. The molecule has 0 radical (unpaired) electrons. The quantitative estimate of drug-likeness (QED) is 0.479. The number of aryl methyl sites for hydroxylation is 2. The van der Waals surface area contributed by atoms with Crippen LogP contribution in [0.4, 0.5) is 5.69 Å². The third-order valence-corrected chi connectivity index (χ3v) is 2.95. The first-order chi connectivity index (χ1) is 9.11. The smallest absolute Gasteiger partial charge is 0.258 e. The number of aromatic nitrogens is 3. The fourth-order valence-corrected chi connectivity index (χ4v) is 1.88. The van der Waals surface area contributed by atoms with Gasteiger partial charge < -0.3 is 0 Å². The summed E-state index contributed by atoms with van der Waals surface area (Å²) in [6.07, 6.45) is 3.22. The van der Waals surface area contributed by atoms with Crippen LogP contribution in [0.15, 0.2) is 24.4 Å². The zero-order valence-electron chi connectivity index (χ0n) is 10.4. The molecule has 0 aliphatic carbocycles. The Bertz CT molecular complexity index is 597. The summed E-state index contributed by atoms with van der Waals surface area (Å²) in [4.78, 5) is 10.6. The number of halogens is 1. The van der Waals surface area contributed by atoms with Crippen molar-refractivity contribution >= 4 is 17.3 Å². The monoisotopic (exact) mass is 280 g/mol. The van der Waals surface area contributed by atoms with Crippen molar-refractivity contribution in [2.24, 2.45) is 0 Å². The highest BCUT2D eigenvalue weighted by atomic mass is 35.5. The van der Waals surface area contributed by atoms with Gasteiger partial charge in [0.15, 0.2) is 0 Å². The maximum atomic E-state index is 11.0. The molecule has 0 N–H and O–H groups in total. The SMILES string of the molecule is Cc1ccc([N+](=O)[O-])c(-n2cc(CCCCl)nn2)c1. The van der Waals surface area contributed by atoms with E-state index in [1.165, 1.54) is 10.7 Å². The standard InChI is InChI=1S/C12H13ClN4O2/c1-9-4-5-11(17(18)19)12(7-9)16-8-10(14-15-16)3-2-6-13/h4-5,7-8H,2-3,6H2,1H3. The minimum Gasteiger partial charge on any atom is -0.258 e. The number of rotatable bonds is 5. The minimum atomic E-state index is -0.422. The maximum Gasteiger partial charge on any atom is 0.294 e. The van der Waals surface area contributed by atoms with E-state index in [-0.39, 0.29) is 5.69 Å². The normalized spacial score (nSPS) is 10.6.